The summed E-state index contributed by atoms with van der Waals surface area (Å²) < 4.78 is 0. The van der Waals surface area contributed by atoms with Gasteiger partial charge in [-0.3, -0.25) is 0 Å². The Balaban J connectivity index is 2.18. The molecule has 1 fully saturated rings. The maximum absolute atomic E-state index is 6.45. The van der Waals surface area contributed by atoms with Crippen LogP contribution in [0.4, 0.5) is 5.69 Å². The molecule has 2 rings (SSSR count). The summed E-state index contributed by atoms with van der Waals surface area (Å²) in [4.78, 5) is 2.46. The van der Waals surface area contributed by atoms with Gasteiger partial charge in [0.15, 0.2) is 0 Å². The number of nitrogens with one attached hydrogen (secondary N) is 1. The van der Waals surface area contributed by atoms with E-state index in [0.717, 1.165) is 49.5 Å². The van der Waals surface area contributed by atoms with E-state index in [9.17, 15) is 0 Å². The summed E-state index contributed by atoms with van der Waals surface area (Å²) in [6.07, 6.45) is 1.16. The molecule has 0 amide bonds. The van der Waals surface area contributed by atoms with Crippen molar-refractivity contribution in [3.8, 4) is 0 Å². The highest BCUT2D eigenvalue weighted by Gasteiger charge is 2.28. The molecule has 1 heterocycles. The lowest BCUT2D eigenvalue weighted by Crippen LogP contribution is -2.23. The maximum atomic E-state index is 6.45. The number of halogens is 1. The van der Waals surface area contributed by atoms with Gasteiger partial charge in [-0.25, -0.2) is 0 Å². The molecule has 2 nitrogen and oxygen atoms in total. The van der Waals surface area contributed by atoms with Crippen LogP contribution in [0, 0.1) is 11.8 Å². The first-order chi connectivity index (χ1) is 9.13. The van der Waals surface area contributed by atoms with E-state index >= 15 is 0 Å². The first-order valence-electron chi connectivity index (χ1n) is 7.36. The predicted molar refractivity (Wildman–Crippen MR) is 84.0 cm³/mol. The lowest BCUT2D eigenvalue weighted by molar-refractivity contribution is 0.494. The smallest absolute Gasteiger partial charge is 0.0642 e. The fourth-order valence-electron chi connectivity index (χ4n) is 2.77. The van der Waals surface area contributed by atoms with Crippen molar-refractivity contribution >= 4 is 17.3 Å². The molecular formula is C16H25ClN2. The predicted octanol–water partition coefficient (Wildman–Crippen LogP) is 3.93. The van der Waals surface area contributed by atoms with Gasteiger partial charge in [0.25, 0.3) is 0 Å². The normalized spacial score (nSPS) is 23.1. The van der Waals surface area contributed by atoms with Crippen LogP contribution < -0.4 is 10.2 Å². The van der Waals surface area contributed by atoms with Crippen molar-refractivity contribution in [2.75, 3.05) is 24.5 Å². The van der Waals surface area contributed by atoms with E-state index in [0.29, 0.717) is 0 Å². The molecule has 0 radical (unpaired) electrons. The summed E-state index contributed by atoms with van der Waals surface area (Å²) >= 11 is 6.45. The Morgan fingerprint density at radius 1 is 1.26 bits per heavy atom. The van der Waals surface area contributed by atoms with E-state index < -0.39 is 0 Å². The molecule has 106 valence electrons. The van der Waals surface area contributed by atoms with Gasteiger partial charge in [0, 0.05) is 19.6 Å². The van der Waals surface area contributed by atoms with Crippen molar-refractivity contribution in [1.29, 1.82) is 0 Å². The number of hydrogen-bond acceptors (Lipinski definition) is 2. The van der Waals surface area contributed by atoms with Crippen molar-refractivity contribution in [2.24, 2.45) is 11.8 Å². The molecular weight excluding hydrogens is 256 g/mol. The van der Waals surface area contributed by atoms with Crippen molar-refractivity contribution < 1.29 is 0 Å². The summed E-state index contributed by atoms with van der Waals surface area (Å²) in [6, 6.07) is 6.25. The van der Waals surface area contributed by atoms with Crippen LogP contribution in [0.15, 0.2) is 18.2 Å². The highest BCUT2D eigenvalue weighted by Crippen LogP contribution is 2.35. The van der Waals surface area contributed by atoms with E-state index in [4.69, 9.17) is 11.6 Å². The Kier molecular flexibility index (Phi) is 5.12. The minimum Gasteiger partial charge on any atom is -0.370 e. The zero-order chi connectivity index (χ0) is 13.8. The maximum Gasteiger partial charge on any atom is 0.0642 e. The van der Waals surface area contributed by atoms with Gasteiger partial charge in [0.1, 0.15) is 0 Å². The zero-order valence-corrected chi connectivity index (χ0v) is 13.0. The summed E-state index contributed by atoms with van der Waals surface area (Å²) in [5.41, 5.74) is 2.56. The molecule has 3 heteroatoms. The third-order valence-corrected chi connectivity index (χ3v) is 4.42. The topological polar surface area (TPSA) is 15.3 Å². The van der Waals surface area contributed by atoms with Crippen LogP contribution in [0.2, 0.25) is 5.02 Å². The molecule has 0 saturated carbocycles. The molecule has 0 bridgehead atoms. The lowest BCUT2D eigenvalue weighted by atomic mass is 10.0. The van der Waals surface area contributed by atoms with Crippen LogP contribution in [0.1, 0.15) is 32.8 Å². The van der Waals surface area contributed by atoms with E-state index in [2.05, 4.69) is 43.1 Å². The Hall–Kier alpha value is -0.730. The summed E-state index contributed by atoms with van der Waals surface area (Å²) in [7, 11) is 0. The first kappa shape index (κ1) is 14.7. The molecule has 2 unspecified atom stereocenters. The minimum atomic E-state index is 0.743. The number of hydrogen-bond donors (Lipinski definition) is 1. The molecule has 1 saturated heterocycles. The Morgan fingerprint density at radius 2 is 1.95 bits per heavy atom. The highest BCUT2D eigenvalue weighted by molar-refractivity contribution is 6.33. The summed E-state index contributed by atoms with van der Waals surface area (Å²) in [5, 5.41) is 4.37. The van der Waals surface area contributed by atoms with Gasteiger partial charge in [-0.1, -0.05) is 44.5 Å². The largest absolute Gasteiger partial charge is 0.370 e. The van der Waals surface area contributed by atoms with Crippen LogP contribution in [-0.2, 0) is 6.54 Å². The standard InChI is InChI=1S/C16H25ClN2/c1-4-8-18-9-14-6-5-7-15(17)16(14)19-10-12(2)13(3)11-19/h5-7,12-13,18H,4,8-11H2,1-3H3. The van der Waals surface area contributed by atoms with Gasteiger partial charge in [-0.2, -0.15) is 0 Å². The SMILES string of the molecule is CCCNCc1cccc(Cl)c1N1CC(C)C(C)C1. The van der Waals surface area contributed by atoms with Crippen LogP contribution in [0.3, 0.4) is 0 Å². The average Bonchev–Trinajstić information content (AvgIpc) is 2.69. The molecule has 19 heavy (non-hydrogen) atoms. The summed E-state index contributed by atoms with van der Waals surface area (Å²) in [6.45, 7) is 11.0. The van der Waals surface area contributed by atoms with E-state index in [-0.39, 0.29) is 0 Å². The second-order valence-corrected chi connectivity index (χ2v) is 6.19. The average molecular weight is 281 g/mol. The molecule has 1 aromatic rings. The third kappa shape index (κ3) is 3.43. The number of rotatable bonds is 5. The van der Waals surface area contributed by atoms with Crippen LogP contribution >= 0.6 is 11.6 Å². The first-order valence-corrected chi connectivity index (χ1v) is 7.74. The van der Waals surface area contributed by atoms with E-state index in [1.807, 2.05) is 6.07 Å². The Morgan fingerprint density at radius 3 is 2.58 bits per heavy atom. The van der Waals surface area contributed by atoms with Gasteiger partial charge in [0.05, 0.1) is 10.7 Å². The number of nitrogens with zero attached hydrogens (tertiary/aromatic N) is 1. The lowest BCUT2D eigenvalue weighted by Gasteiger charge is -2.23. The van der Waals surface area contributed by atoms with Crippen molar-refractivity contribution in [3.63, 3.8) is 0 Å². The Labute approximate surface area is 122 Å². The number of benzene rings is 1. The van der Waals surface area contributed by atoms with Crippen molar-refractivity contribution in [2.45, 2.75) is 33.7 Å². The molecule has 0 aliphatic carbocycles. The Bertz CT molecular complexity index is 409. The molecule has 1 N–H and O–H groups in total. The highest BCUT2D eigenvalue weighted by atomic mass is 35.5. The molecule has 2 atom stereocenters. The van der Waals surface area contributed by atoms with Crippen LogP contribution in [0.25, 0.3) is 0 Å². The van der Waals surface area contributed by atoms with Gasteiger partial charge in [-0.05, 0) is 36.4 Å². The third-order valence-electron chi connectivity index (χ3n) is 4.12. The number of para-hydroxylation sites is 1. The van der Waals surface area contributed by atoms with E-state index in [1.165, 1.54) is 11.3 Å². The molecule has 0 aromatic heterocycles. The van der Waals surface area contributed by atoms with Gasteiger partial charge >= 0.3 is 0 Å². The zero-order valence-electron chi connectivity index (χ0n) is 12.2. The van der Waals surface area contributed by atoms with Crippen molar-refractivity contribution in [3.05, 3.63) is 28.8 Å². The van der Waals surface area contributed by atoms with Crippen molar-refractivity contribution in [1.82, 2.24) is 5.32 Å². The van der Waals surface area contributed by atoms with Gasteiger partial charge in [-0.15, -0.1) is 0 Å². The molecule has 1 aromatic carbocycles. The fourth-order valence-corrected chi connectivity index (χ4v) is 3.08. The van der Waals surface area contributed by atoms with Crippen LogP contribution in [0.5, 0.6) is 0 Å². The summed E-state index contributed by atoms with van der Waals surface area (Å²) in [5.74, 6) is 1.49. The molecule has 0 spiro atoms. The van der Waals surface area contributed by atoms with Crippen LogP contribution in [-0.4, -0.2) is 19.6 Å². The van der Waals surface area contributed by atoms with Gasteiger partial charge in [0.2, 0.25) is 0 Å². The molecule has 1 aliphatic rings. The quantitative estimate of drug-likeness (QED) is 0.822. The second-order valence-electron chi connectivity index (χ2n) is 5.78. The second kappa shape index (κ2) is 6.62. The van der Waals surface area contributed by atoms with Gasteiger partial charge < -0.3 is 10.2 Å². The molecule has 1 aliphatic heterocycles. The number of anilines is 1. The fraction of sp³-hybridized carbons (Fsp3) is 0.625. The monoisotopic (exact) mass is 280 g/mol. The van der Waals surface area contributed by atoms with E-state index in [1.54, 1.807) is 0 Å². The minimum absolute atomic E-state index is 0.743.